The molecule has 7 heteroatoms. The molecular formula is C20H25N5O2. The Kier molecular flexibility index (Phi) is 5.29. The van der Waals surface area contributed by atoms with Gasteiger partial charge in [-0.15, -0.1) is 10.2 Å². The molecule has 0 bridgehead atoms. The van der Waals surface area contributed by atoms with Gasteiger partial charge in [-0.05, 0) is 12.8 Å². The Morgan fingerprint density at radius 1 is 1.04 bits per heavy atom. The van der Waals surface area contributed by atoms with Crippen molar-refractivity contribution in [3.8, 4) is 0 Å². The van der Waals surface area contributed by atoms with Crippen molar-refractivity contribution < 1.29 is 9.59 Å². The third-order valence-corrected chi connectivity index (χ3v) is 5.53. The van der Waals surface area contributed by atoms with Crippen molar-refractivity contribution in [1.29, 1.82) is 0 Å². The molecule has 0 spiro atoms. The van der Waals surface area contributed by atoms with Crippen LogP contribution in [0.15, 0.2) is 30.3 Å². The van der Waals surface area contributed by atoms with Gasteiger partial charge in [-0.1, -0.05) is 30.3 Å². The molecule has 1 saturated heterocycles. The van der Waals surface area contributed by atoms with E-state index in [1.54, 1.807) is 12.1 Å². The molecule has 27 heavy (non-hydrogen) atoms. The van der Waals surface area contributed by atoms with Gasteiger partial charge in [0.1, 0.15) is 11.6 Å². The zero-order valence-electron chi connectivity index (χ0n) is 15.4. The van der Waals surface area contributed by atoms with E-state index >= 15 is 0 Å². The molecule has 0 radical (unpaired) electrons. The van der Waals surface area contributed by atoms with Crippen LogP contribution in [-0.2, 0) is 17.9 Å². The molecule has 4 rings (SSSR count). The number of hydrogen-bond acceptors (Lipinski definition) is 5. The third kappa shape index (κ3) is 3.93. The second-order valence-corrected chi connectivity index (χ2v) is 7.25. The number of aromatic nitrogens is 3. The maximum atomic E-state index is 12.5. The van der Waals surface area contributed by atoms with E-state index < -0.39 is 0 Å². The van der Waals surface area contributed by atoms with Crippen LogP contribution in [0.4, 0.5) is 0 Å². The van der Waals surface area contributed by atoms with E-state index in [9.17, 15) is 9.59 Å². The lowest BCUT2D eigenvalue weighted by Crippen LogP contribution is -2.39. The molecule has 1 amide bonds. The Balaban J connectivity index is 1.28. The van der Waals surface area contributed by atoms with Crippen LogP contribution in [0.25, 0.3) is 0 Å². The molecule has 0 atom stereocenters. The van der Waals surface area contributed by atoms with Gasteiger partial charge in [0, 0.05) is 50.5 Å². The second-order valence-electron chi connectivity index (χ2n) is 7.25. The molecular weight excluding hydrogens is 342 g/mol. The Morgan fingerprint density at radius 3 is 2.59 bits per heavy atom. The monoisotopic (exact) mass is 367 g/mol. The molecule has 1 aromatic carbocycles. The third-order valence-electron chi connectivity index (χ3n) is 5.53. The summed E-state index contributed by atoms with van der Waals surface area (Å²) in [6, 6.07) is 9.17. The number of piperidine rings is 1. The molecule has 1 N–H and O–H groups in total. The van der Waals surface area contributed by atoms with Crippen LogP contribution in [0.5, 0.6) is 0 Å². The van der Waals surface area contributed by atoms with Gasteiger partial charge in [-0.2, -0.15) is 0 Å². The van der Waals surface area contributed by atoms with Crippen LogP contribution in [0, 0.1) is 0 Å². The van der Waals surface area contributed by atoms with Crippen molar-refractivity contribution in [1.82, 2.24) is 25.0 Å². The summed E-state index contributed by atoms with van der Waals surface area (Å²) < 4.78 is 2.23. The molecule has 1 aromatic heterocycles. The quantitative estimate of drug-likeness (QED) is 0.815. The smallest absolute Gasteiger partial charge is 0.223 e. The highest BCUT2D eigenvalue weighted by atomic mass is 16.2. The van der Waals surface area contributed by atoms with Crippen molar-refractivity contribution in [2.45, 2.75) is 44.7 Å². The van der Waals surface area contributed by atoms with Crippen molar-refractivity contribution in [3.63, 3.8) is 0 Å². The molecule has 2 aliphatic rings. The number of rotatable bonds is 5. The fraction of sp³-hybridized carbons (Fsp3) is 0.500. The average molecular weight is 367 g/mol. The zero-order valence-corrected chi connectivity index (χ0v) is 15.4. The summed E-state index contributed by atoms with van der Waals surface area (Å²) >= 11 is 0. The second kappa shape index (κ2) is 8.00. The van der Waals surface area contributed by atoms with E-state index in [4.69, 9.17) is 0 Å². The number of ketones is 1. The first-order valence-electron chi connectivity index (χ1n) is 9.71. The van der Waals surface area contributed by atoms with E-state index in [0.29, 0.717) is 11.5 Å². The molecule has 142 valence electrons. The molecule has 0 aliphatic carbocycles. The topological polar surface area (TPSA) is 80.1 Å². The van der Waals surface area contributed by atoms with E-state index in [-0.39, 0.29) is 24.5 Å². The van der Waals surface area contributed by atoms with E-state index in [1.165, 1.54) is 0 Å². The van der Waals surface area contributed by atoms with Gasteiger partial charge in [-0.3, -0.25) is 9.59 Å². The summed E-state index contributed by atoms with van der Waals surface area (Å²) in [6.45, 7) is 4.09. The lowest BCUT2D eigenvalue weighted by molar-refractivity contribution is -0.132. The van der Waals surface area contributed by atoms with E-state index in [1.807, 2.05) is 23.1 Å². The van der Waals surface area contributed by atoms with Crippen LogP contribution >= 0.6 is 0 Å². The maximum absolute atomic E-state index is 12.5. The Bertz CT molecular complexity index is 809. The van der Waals surface area contributed by atoms with Gasteiger partial charge in [-0.25, -0.2) is 0 Å². The number of carbonyl (C=O) groups is 2. The zero-order chi connectivity index (χ0) is 18.6. The SMILES string of the molecule is O=C(CCC(=O)N1CCC(c2nnc3n2CCNC3)CC1)c1ccccc1. The summed E-state index contributed by atoms with van der Waals surface area (Å²) in [5.74, 6) is 2.54. The molecule has 1 fully saturated rings. The highest BCUT2D eigenvalue weighted by Gasteiger charge is 2.28. The minimum absolute atomic E-state index is 0.0301. The first-order valence-corrected chi connectivity index (χ1v) is 9.71. The number of hydrogen-bond donors (Lipinski definition) is 1. The van der Waals surface area contributed by atoms with Gasteiger partial charge in [0.2, 0.25) is 5.91 Å². The summed E-state index contributed by atoms with van der Waals surface area (Å²) in [4.78, 5) is 26.6. The normalized spacial score (nSPS) is 17.6. The summed E-state index contributed by atoms with van der Waals surface area (Å²) in [5, 5.41) is 12.0. The first kappa shape index (κ1) is 17.9. The number of likely N-dealkylation sites (tertiary alicyclic amines) is 1. The van der Waals surface area contributed by atoms with Crippen molar-refractivity contribution in [2.75, 3.05) is 19.6 Å². The number of Topliss-reactive ketones (excluding diaryl/α,β-unsaturated/α-hetero) is 1. The average Bonchev–Trinajstić information content (AvgIpc) is 3.16. The van der Waals surface area contributed by atoms with Gasteiger partial charge >= 0.3 is 0 Å². The van der Waals surface area contributed by atoms with Crippen LogP contribution in [0.2, 0.25) is 0 Å². The largest absolute Gasteiger partial charge is 0.343 e. The standard InChI is InChI=1S/C20H25N5O2/c26-17(15-4-2-1-3-5-15)6-7-19(27)24-11-8-16(9-12-24)20-23-22-18-14-21-10-13-25(18)20/h1-5,16,21H,6-14H2. The molecule has 0 unspecified atom stereocenters. The van der Waals surface area contributed by atoms with Gasteiger partial charge in [0.15, 0.2) is 5.78 Å². The number of nitrogens with one attached hydrogen (secondary N) is 1. The van der Waals surface area contributed by atoms with Crippen LogP contribution in [0.1, 0.15) is 53.6 Å². The minimum Gasteiger partial charge on any atom is -0.343 e. The van der Waals surface area contributed by atoms with Crippen molar-refractivity contribution >= 4 is 11.7 Å². The highest BCUT2D eigenvalue weighted by Crippen LogP contribution is 2.28. The Morgan fingerprint density at radius 2 is 1.81 bits per heavy atom. The van der Waals surface area contributed by atoms with Crippen molar-refractivity contribution in [2.24, 2.45) is 0 Å². The lowest BCUT2D eigenvalue weighted by Gasteiger charge is -2.32. The van der Waals surface area contributed by atoms with Crippen LogP contribution in [-0.4, -0.2) is 51.0 Å². The number of carbonyl (C=O) groups excluding carboxylic acids is 2. The summed E-state index contributed by atoms with van der Waals surface area (Å²) in [6.07, 6.45) is 2.37. The predicted octanol–water partition coefficient (Wildman–Crippen LogP) is 1.75. The Hall–Kier alpha value is -2.54. The fourth-order valence-corrected chi connectivity index (χ4v) is 3.95. The molecule has 2 aromatic rings. The van der Waals surface area contributed by atoms with Gasteiger partial charge in [0.05, 0.1) is 6.54 Å². The first-order chi connectivity index (χ1) is 13.2. The van der Waals surface area contributed by atoms with Crippen LogP contribution in [0.3, 0.4) is 0 Å². The van der Waals surface area contributed by atoms with Gasteiger partial charge in [0.25, 0.3) is 0 Å². The number of benzene rings is 1. The van der Waals surface area contributed by atoms with Gasteiger partial charge < -0.3 is 14.8 Å². The maximum Gasteiger partial charge on any atom is 0.223 e. The minimum atomic E-state index is 0.0301. The number of amides is 1. The summed E-state index contributed by atoms with van der Waals surface area (Å²) in [5.41, 5.74) is 0.676. The number of nitrogens with zero attached hydrogens (tertiary/aromatic N) is 4. The number of fused-ring (bicyclic) bond motifs is 1. The highest BCUT2D eigenvalue weighted by molar-refractivity contribution is 5.97. The molecule has 7 nitrogen and oxygen atoms in total. The molecule has 0 saturated carbocycles. The molecule has 3 heterocycles. The van der Waals surface area contributed by atoms with E-state index in [2.05, 4.69) is 20.1 Å². The lowest BCUT2D eigenvalue weighted by atomic mass is 9.95. The molecule has 2 aliphatic heterocycles. The fourth-order valence-electron chi connectivity index (χ4n) is 3.95. The van der Waals surface area contributed by atoms with E-state index in [0.717, 1.165) is 57.2 Å². The van der Waals surface area contributed by atoms with Crippen LogP contribution < -0.4 is 5.32 Å². The summed E-state index contributed by atoms with van der Waals surface area (Å²) in [7, 11) is 0. The Labute approximate surface area is 158 Å². The predicted molar refractivity (Wildman–Crippen MR) is 100 cm³/mol. The van der Waals surface area contributed by atoms with Crippen molar-refractivity contribution in [3.05, 3.63) is 47.5 Å².